The first-order valence-electron chi connectivity index (χ1n) is 5.23. The first-order valence-corrected chi connectivity index (χ1v) is 5.23. The molecule has 1 aromatic heterocycles. The van der Waals surface area contributed by atoms with Crippen LogP contribution in [0.25, 0.3) is 0 Å². The lowest BCUT2D eigenvalue weighted by atomic mass is 10.1. The van der Waals surface area contributed by atoms with Crippen LogP contribution in [0.2, 0.25) is 0 Å². The minimum Gasteiger partial charge on any atom is -0.468 e. The molecule has 1 N–H and O–H groups in total. The van der Waals surface area contributed by atoms with E-state index in [1.807, 2.05) is 12.1 Å². The Morgan fingerprint density at radius 1 is 1.50 bits per heavy atom. The summed E-state index contributed by atoms with van der Waals surface area (Å²) in [5, 5.41) is 9.39. The van der Waals surface area contributed by atoms with Crippen LogP contribution in [-0.4, -0.2) is 29.2 Å². The zero-order chi connectivity index (χ0) is 9.97. The number of hydrogen-bond acceptors (Lipinski definition) is 3. The first-order chi connectivity index (χ1) is 6.77. The minimum atomic E-state index is -0.102. The van der Waals surface area contributed by atoms with Crippen molar-refractivity contribution in [3.63, 3.8) is 0 Å². The number of piperidine rings is 1. The largest absolute Gasteiger partial charge is 0.468 e. The second-order valence-corrected chi connectivity index (χ2v) is 3.96. The van der Waals surface area contributed by atoms with E-state index in [1.54, 1.807) is 6.26 Å². The fourth-order valence-corrected chi connectivity index (χ4v) is 1.98. The van der Waals surface area contributed by atoms with Gasteiger partial charge in [0, 0.05) is 13.1 Å². The van der Waals surface area contributed by atoms with Gasteiger partial charge in [0.1, 0.15) is 5.76 Å². The molecule has 0 aliphatic carbocycles. The highest BCUT2D eigenvalue weighted by atomic mass is 16.3. The predicted octanol–water partition coefficient (Wildman–Crippen LogP) is 1.80. The molecule has 0 unspecified atom stereocenters. The van der Waals surface area contributed by atoms with E-state index in [-0.39, 0.29) is 6.10 Å². The SMILES string of the molecule is C[C@@H](c1ccco1)N1CCC(O)CC1. The van der Waals surface area contributed by atoms with Crippen molar-refractivity contribution in [3.8, 4) is 0 Å². The lowest BCUT2D eigenvalue weighted by Gasteiger charge is -2.33. The van der Waals surface area contributed by atoms with Crippen LogP contribution in [0.15, 0.2) is 22.8 Å². The molecule has 14 heavy (non-hydrogen) atoms. The standard InChI is InChI=1S/C11H17NO2/c1-9(11-3-2-8-14-11)12-6-4-10(13)5-7-12/h2-3,8-10,13H,4-7H2,1H3/t9-/m0/s1. The summed E-state index contributed by atoms with van der Waals surface area (Å²) in [5.74, 6) is 1.02. The number of likely N-dealkylation sites (tertiary alicyclic amines) is 1. The van der Waals surface area contributed by atoms with E-state index in [2.05, 4.69) is 11.8 Å². The molecule has 2 rings (SSSR count). The summed E-state index contributed by atoms with van der Waals surface area (Å²) in [6, 6.07) is 4.26. The second kappa shape index (κ2) is 4.15. The normalized spacial score (nSPS) is 22.4. The van der Waals surface area contributed by atoms with Crippen LogP contribution in [0, 0.1) is 0 Å². The van der Waals surface area contributed by atoms with E-state index in [0.29, 0.717) is 6.04 Å². The zero-order valence-corrected chi connectivity index (χ0v) is 8.52. The highest BCUT2D eigenvalue weighted by molar-refractivity contribution is 5.03. The molecule has 1 atom stereocenters. The predicted molar refractivity (Wildman–Crippen MR) is 53.9 cm³/mol. The van der Waals surface area contributed by atoms with Crippen molar-refractivity contribution in [2.75, 3.05) is 13.1 Å². The van der Waals surface area contributed by atoms with Gasteiger partial charge in [-0.05, 0) is 31.9 Å². The topological polar surface area (TPSA) is 36.6 Å². The van der Waals surface area contributed by atoms with E-state index in [9.17, 15) is 5.11 Å². The molecule has 78 valence electrons. The Hall–Kier alpha value is -0.800. The Labute approximate surface area is 84.3 Å². The summed E-state index contributed by atoms with van der Waals surface area (Å²) in [6.07, 6.45) is 3.37. The molecule has 0 aromatic carbocycles. The molecule has 3 heteroatoms. The van der Waals surface area contributed by atoms with E-state index in [1.165, 1.54) is 0 Å². The Morgan fingerprint density at radius 3 is 2.79 bits per heavy atom. The Balaban J connectivity index is 1.95. The molecule has 1 aliphatic heterocycles. The Bertz CT molecular complexity index is 263. The van der Waals surface area contributed by atoms with Crippen molar-refractivity contribution >= 4 is 0 Å². The van der Waals surface area contributed by atoms with Crippen LogP contribution in [0.4, 0.5) is 0 Å². The number of aliphatic hydroxyl groups is 1. The zero-order valence-electron chi connectivity index (χ0n) is 8.52. The van der Waals surface area contributed by atoms with Gasteiger partial charge in [0.2, 0.25) is 0 Å². The fourth-order valence-electron chi connectivity index (χ4n) is 1.98. The molecule has 0 bridgehead atoms. The highest BCUT2D eigenvalue weighted by Gasteiger charge is 2.23. The second-order valence-electron chi connectivity index (χ2n) is 3.96. The van der Waals surface area contributed by atoms with Gasteiger partial charge in [-0.2, -0.15) is 0 Å². The van der Waals surface area contributed by atoms with Crippen molar-refractivity contribution < 1.29 is 9.52 Å². The van der Waals surface area contributed by atoms with Crippen molar-refractivity contribution in [3.05, 3.63) is 24.2 Å². The van der Waals surface area contributed by atoms with Gasteiger partial charge in [-0.25, -0.2) is 0 Å². The van der Waals surface area contributed by atoms with Gasteiger partial charge in [0.15, 0.2) is 0 Å². The average Bonchev–Trinajstić information content (AvgIpc) is 2.71. The van der Waals surface area contributed by atoms with Gasteiger partial charge in [-0.15, -0.1) is 0 Å². The third kappa shape index (κ3) is 1.99. The molecule has 2 heterocycles. The molecular weight excluding hydrogens is 178 g/mol. The fraction of sp³-hybridized carbons (Fsp3) is 0.636. The van der Waals surface area contributed by atoms with Crippen LogP contribution in [0.1, 0.15) is 31.6 Å². The van der Waals surface area contributed by atoms with E-state index in [0.717, 1.165) is 31.7 Å². The summed E-state index contributed by atoms with van der Waals surface area (Å²) in [4.78, 5) is 2.35. The van der Waals surface area contributed by atoms with Gasteiger partial charge >= 0.3 is 0 Å². The van der Waals surface area contributed by atoms with E-state index in [4.69, 9.17) is 4.42 Å². The van der Waals surface area contributed by atoms with E-state index >= 15 is 0 Å². The first kappa shape index (κ1) is 9.74. The van der Waals surface area contributed by atoms with Crippen molar-refractivity contribution in [1.29, 1.82) is 0 Å². The summed E-state index contributed by atoms with van der Waals surface area (Å²) >= 11 is 0. The Morgan fingerprint density at radius 2 is 2.21 bits per heavy atom. The van der Waals surface area contributed by atoms with Gasteiger partial charge in [0.05, 0.1) is 18.4 Å². The summed E-state index contributed by atoms with van der Waals surface area (Å²) in [7, 11) is 0. The maximum Gasteiger partial charge on any atom is 0.120 e. The molecule has 1 saturated heterocycles. The van der Waals surface area contributed by atoms with Gasteiger partial charge in [-0.1, -0.05) is 0 Å². The molecule has 0 spiro atoms. The number of nitrogens with zero attached hydrogens (tertiary/aromatic N) is 1. The maximum atomic E-state index is 9.39. The Kier molecular flexibility index (Phi) is 2.89. The molecule has 1 fully saturated rings. The number of hydrogen-bond donors (Lipinski definition) is 1. The quantitative estimate of drug-likeness (QED) is 0.781. The van der Waals surface area contributed by atoms with Gasteiger partial charge in [-0.3, -0.25) is 4.90 Å². The number of aliphatic hydroxyl groups excluding tert-OH is 1. The maximum absolute atomic E-state index is 9.39. The number of furan rings is 1. The molecule has 3 nitrogen and oxygen atoms in total. The summed E-state index contributed by atoms with van der Waals surface area (Å²) < 4.78 is 5.37. The molecule has 0 amide bonds. The summed E-state index contributed by atoms with van der Waals surface area (Å²) in [6.45, 7) is 4.07. The average molecular weight is 195 g/mol. The monoisotopic (exact) mass is 195 g/mol. The van der Waals surface area contributed by atoms with Crippen molar-refractivity contribution in [2.24, 2.45) is 0 Å². The van der Waals surface area contributed by atoms with Crippen LogP contribution in [-0.2, 0) is 0 Å². The number of rotatable bonds is 2. The summed E-state index contributed by atoms with van der Waals surface area (Å²) in [5.41, 5.74) is 0. The molecule has 1 aliphatic rings. The van der Waals surface area contributed by atoms with Crippen LogP contribution < -0.4 is 0 Å². The van der Waals surface area contributed by atoms with Gasteiger partial charge < -0.3 is 9.52 Å². The highest BCUT2D eigenvalue weighted by Crippen LogP contribution is 2.24. The smallest absolute Gasteiger partial charge is 0.120 e. The third-order valence-electron chi connectivity index (χ3n) is 3.00. The van der Waals surface area contributed by atoms with Gasteiger partial charge in [0.25, 0.3) is 0 Å². The van der Waals surface area contributed by atoms with E-state index < -0.39 is 0 Å². The van der Waals surface area contributed by atoms with Crippen LogP contribution in [0.3, 0.4) is 0 Å². The lowest BCUT2D eigenvalue weighted by molar-refractivity contribution is 0.0594. The molecular formula is C11H17NO2. The van der Waals surface area contributed by atoms with Crippen LogP contribution >= 0.6 is 0 Å². The minimum absolute atomic E-state index is 0.102. The third-order valence-corrected chi connectivity index (χ3v) is 3.00. The van der Waals surface area contributed by atoms with Crippen molar-refractivity contribution in [1.82, 2.24) is 4.90 Å². The van der Waals surface area contributed by atoms with Crippen LogP contribution in [0.5, 0.6) is 0 Å². The van der Waals surface area contributed by atoms with Crippen molar-refractivity contribution in [2.45, 2.75) is 31.9 Å². The lowest BCUT2D eigenvalue weighted by Crippen LogP contribution is -2.37. The molecule has 1 aromatic rings. The molecule has 0 saturated carbocycles. The molecule has 0 radical (unpaired) electrons.